The Bertz CT molecular complexity index is 421. The van der Waals surface area contributed by atoms with Crippen LogP contribution in [0.1, 0.15) is 16.3 Å². The Kier molecular flexibility index (Phi) is 2.49. The van der Waals surface area contributed by atoms with E-state index in [9.17, 15) is 0 Å². The van der Waals surface area contributed by atoms with Crippen LogP contribution in [0.3, 0.4) is 0 Å². The predicted octanol–water partition coefficient (Wildman–Crippen LogP) is 2.36. The van der Waals surface area contributed by atoms with Crippen molar-refractivity contribution in [1.29, 1.82) is 0 Å². The highest BCUT2D eigenvalue weighted by Crippen LogP contribution is 2.13. The van der Waals surface area contributed by atoms with Gasteiger partial charge in [0.2, 0.25) is 0 Å². The van der Waals surface area contributed by atoms with Gasteiger partial charge in [-0.1, -0.05) is 5.16 Å². The number of aromatic nitrogens is 2. The van der Waals surface area contributed by atoms with Gasteiger partial charge in [0.05, 0.1) is 17.2 Å². The van der Waals surface area contributed by atoms with E-state index in [0.29, 0.717) is 6.54 Å². The summed E-state index contributed by atoms with van der Waals surface area (Å²) in [7, 11) is 0. The molecular weight excluding hydrogens is 198 g/mol. The molecule has 2 heterocycles. The smallest absolute Gasteiger partial charge is 0.172 e. The van der Waals surface area contributed by atoms with Gasteiger partial charge < -0.3 is 9.84 Å². The van der Waals surface area contributed by atoms with Gasteiger partial charge in [0.1, 0.15) is 6.26 Å². The first-order chi connectivity index (χ1) is 6.75. The molecule has 0 bridgehead atoms. The summed E-state index contributed by atoms with van der Waals surface area (Å²) in [5, 5.41) is 10.1. The predicted molar refractivity (Wildman–Crippen MR) is 55.4 cm³/mol. The molecule has 0 atom stereocenters. The van der Waals surface area contributed by atoms with Crippen molar-refractivity contribution < 1.29 is 4.52 Å². The van der Waals surface area contributed by atoms with Crippen molar-refractivity contribution >= 4 is 17.2 Å². The van der Waals surface area contributed by atoms with Gasteiger partial charge >= 0.3 is 0 Å². The third-order valence-electron chi connectivity index (χ3n) is 1.85. The molecule has 0 amide bonds. The lowest BCUT2D eigenvalue weighted by molar-refractivity contribution is 0.421. The molecule has 0 saturated carbocycles. The first-order valence-corrected chi connectivity index (χ1v) is 5.19. The zero-order chi connectivity index (χ0) is 9.97. The minimum absolute atomic E-state index is 0.692. The molecule has 0 aliphatic rings. The van der Waals surface area contributed by atoms with Gasteiger partial charge in [0.15, 0.2) is 5.82 Å². The molecule has 14 heavy (non-hydrogen) atoms. The summed E-state index contributed by atoms with van der Waals surface area (Å²) in [4.78, 5) is 4.34. The van der Waals surface area contributed by atoms with Crippen LogP contribution >= 0.6 is 11.3 Å². The third-order valence-corrected chi connectivity index (χ3v) is 2.67. The minimum atomic E-state index is 0.692. The van der Waals surface area contributed by atoms with Crippen LogP contribution in [0.15, 0.2) is 16.2 Å². The second kappa shape index (κ2) is 3.79. The summed E-state index contributed by atoms with van der Waals surface area (Å²) in [6.45, 7) is 4.64. The largest absolute Gasteiger partial charge is 0.362 e. The average molecular weight is 209 g/mol. The van der Waals surface area contributed by atoms with E-state index >= 15 is 0 Å². The van der Waals surface area contributed by atoms with E-state index in [-0.39, 0.29) is 0 Å². The van der Waals surface area contributed by atoms with Gasteiger partial charge in [-0.25, -0.2) is 4.98 Å². The molecule has 2 aromatic heterocycles. The fourth-order valence-electron chi connectivity index (χ4n) is 1.12. The van der Waals surface area contributed by atoms with Gasteiger partial charge in [-0.2, -0.15) is 0 Å². The molecular formula is C9H11N3OS. The van der Waals surface area contributed by atoms with Crippen molar-refractivity contribution in [3.63, 3.8) is 0 Å². The average Bonchev–Trinajstić information content (AvgIpc) is 2.72. The SMILES string of the molecule is Cc1nc(CNc2nocc2C)cs1. The van der Waals surface area contributed by atoms with Crippen LogP contribution in [0.5, 0.6) is 0 Å². The summed E-state index contributed by atoms with van der Waals surface area (Å²) in [5.74, 6) is 0.788. The standard InChI is InChI=1S/C9H11N3OS/c1-6-4-13-12-9(6)10-3-8-5-14-7(2)11-8/h4-5H,3H2,1-2H3,(H,10,12). The van der Waals surface area contributed by atoms with Crippen LogP contribution in [-0.2, 0) is 6.54 Å². The number of anilines is 1. The number of nitrogens with zero attached hydrogens (tertiary/aromatic N) is 2. The number of hydrogen-bond acceptors (Lipinski definition) is 5. The summed E-state index contributed by atoms with van der Waals surface area (Å²) in [6.07, 6.45) is 1.62. The van der Waals surface area contributed by atoms with E-state index in [1.165, 1.54) is 0 Å². The van der Waals surface area contributed by atoms with Gasteiger partial charge in [-0.05, 0) is 13.8 Å². The highest BCUT2D eigenvalue weighted by atomic mass is 32.1. The molecule has 1 N–H and O–H groups in total. The summed E-state index contributed by atoms with van der Waals surface area (Å²) in [5.41, 5.74) is 2.05. The highest BCUT2D eigenvalue weighted by Gasteiger charge is 2.03. The Morgan fingerprint density at radius 1 is 1.50 bits per heavy atom. The molecule has 0 saturated heterocycles. The van der Waals surface area contributed by atoms with Gasteiger partial charge in [0, 0.05) is 10.9 Å². The topological polar surface area (TPSA) is 51.0 Å². The maximum absolute atomic E-state index is 4.81. The lowest BCUT2D eigenvalue weighted by atomic mass is 10.3. The van der Waals surface area contributed by atoms with E-state index in [1.807, 2.05) is 19.2 Å². The normalized spacial score (nSPS) is 10.4. The number of thiazole rings is 1. The molecule has 4 nitrogen and oxygen atoms in total. The van der Waals surface area contributed by atoms with E-state index in [4.69, 9.17) is 4.52 Å². The van der Waals surface area contributed by atoms with E-state index in [0.717, 1.165) is 22.1 Å². The molecule has 0 radical (unpaired) electrons. The Morgan fingerprint density at radius 2 is 2.36 bits per heavy atom. The first-order valence-electron chi connectivity index (χ1n) is 4.31. The minimum Gasteiger partial charge on any atom is -0.362 e. The fraction of sp³-hybridized carbons (Fsp3) is 0.333. The van der Waals surface area contributed by atoms with E-state index < -0.39 is 0 Å². The second-order valence-electron chi connectivity index (χ2n) is 3.06. The first kappa shape index (κ1) is 9.21. The zero-order valence-corrected chi connectivity index (χ0v) is 8.89. The van der Waals surface area contributed by atoms with Crippen molar-refractivity contribution in [2.75, 3.05) is 5.32 Å². The van der Waals surface area contributed by atoms with Crippen molar-refractivity contribution in [1.82, 2.24) is 10.1 Å². The van der Waals surface area contributed by atoms with Crippen molar-refractivity contribution in [2.45, 2.75) is 20.4 Å². The Balaban J connectivity index is 1.98. The van der Waals surface area contributed by atoms with Crippen molar-refractivity contribution in [2.24, 2.45) is 0 Å². The molecule has 0 unspecified atom stereocenters. The lowest BCUT2D eigenvalue weighted by Crippen LogP contribution is -2.00. The van der Waals surface area contributed by atoms with E-state index in [2.05, 4.69) is 15.5 Å². The summed E-state index contributed by atoms with van der Waals surface area (Å²) < 4.78 is 4.81. The fourth-order valence-corrected chi connectivity index (χ4v) is 1.73. The molecule has 2 rings (SSSR count). The lowest BCUT2D eigenvalue weighted by Gasteiger charge is -1.99. The molecule has 0 spiro atoms. The Morgan fingerprint density at radius 3 is 2.93 bits per heavy atom. The Hall–Kier alpha value is -1.36. The molecule has 0 aliphatic heterocycles. The molecule has 74 valence electrons. The third kappa shape index (κ3) is 1.93. The molecule has 0 aliphatic carbocycles. The van der Waals surface area contributed by atoms with Crippen LogP contribution in [0.4, 0.5) is 5.82 Å². The zero-order valence-electron chi connectivity index (χ0n) is 8.07. The van der Waals surface area contributed by atoms with Gasteiger partial charge in [0.25, 0.3) is 0 Å². The number of hydrogen-bond donors (Lipinski definition) is 1. The van der Waals surface area contributed by atoms with Gasteiger partial charge in [-0.3, -0.25) is 0 Å². The maximum Gasteiger partial charge on any atom is 0.172 e. The van der Waals surface area contributed by atoms with Crippen molar-refractivity contribution in [3.8, 4) is 0 Å². The Labute approximate surface area is 86.0 Å². The molecule has 0 fully saturated rings. The van der Waals surface area contributed by atoms with Crippen LogP contribution < -0.4 is 5.32 Å². The molecule has 0 aromatic carbocycles. The number of rotatable bonds is 3. The maximum atomic E-state index is 4.81. The molecule has 5 heteroatoms. The number of nitrogens with one attached hydrogen (secondary N) is 1. The summed E-state index contributed by atoms with van der Waals surface area (Å²) >= 11 is 1.65. The van der Waals surface area contributed by atoms with Crippen LogP contribution in [0.25, 0.3) is 0 Å². The van der Waals surface area contributed by atoms with E-state index in [1.54, 1.807) is 17.6 Å². The van der Waals surface area contributed by atoms with Crippen LogP contribution in [0, 0.1) is 13.8 Å². The van der Waals surface area contributed by atoms with Crippen molar-refractivity contribution in [3.05, 3.63) is 27.9 Å². The number of aryl methyl sites for hydroxylation is 2. The van der Waals surface area contributed by atoms with Crippen LogP contribution in [0.2, 0.25) is 0 Å². The summed E-state index contributed by atoms with van der Waals surface area (Å²) in [6, 6.07) is 0. The second-order valence-corrected chi connectivity index (χ2v) is 4.12. The monoisotopic (exact) mass is 209 g/mol. The van der Waals surface area contributed by atoms with Crippen LogP contribution in [-0.4, -0.2) is 10.1 Å². The highest BCUT2D eigenvalue weighted by molar-refractivity contribution is 7.09. The molecule has 2 aromatic rings. The van der Waals surface area contributed by atoms with Gasteiger partial charge in [-0.15, -0.1) is 11.3 Å². The quantitative estimate of drug-likeness (QED) is 0.843.